The molecule has 3 aliphatic rings. The van der Waals surface area contributed by atoms with Crippen molar-refractivity contribution in [1.82, 2.24) is 10.2 Å². The summed E-state index contributed by atoms with van der Waals surface area (Å²) in [5.74, 6) is -1.72. The highest BCUT2D eigenvalue weighted by Gasteiger charge is 2.64. The van der Waals surface area contributed by atoms with Gasteiger partial charge >= 0.3 is 12.1 Å². The lowest BCUT2D eigenvalue weighted by Gasteiger charge is -2.42. The van der Waals surface area contributed by atoms with Crippen molar-refractivity contribution in [2.24, 2.45) is 5.92 Å². The van der Waals surface area contributed by atoms with Crippen LogP contribution in [0.3, 0.4) is 0 Å². The fourth-order valence-corrected chi connectivity index (χ4v) is 6.80. The second-order valence-electron chi connectivity index (χ2n) is 13.2. The first-order valence-corrected chi connectivity index (χ1v) is 16.9. The summed E-state index contributed by atoms with van der Waals surface area (Å²) < 4.78 is 28.9. The number of methoxy groups -OCH3 is 2. The van der Waals surface area contributed by atoms with Crippen molar-refractivity contribution >= 4 is 41.2 Å². The molecular formula is C35H48ClN3O11. The number of amides is 3. The first-order valence-electron chi connectivity index (χ1n) is 16.5. The molecule has 1 aromatic rings. The van der Waals surface area contributed by atoms with Crippen LogP contribution < -0.4 is 15.0 Å². The highest BCUT2D eigenvalue weighted by Crippen LogP contribution is 2.49. The molecule has 8 unspecified atom stereocenters. The predicted molar refractivity (Wildman–Crippen MR) is 183 cm³/mol. The molecule has 4 bridgehead atoms. The van der Waals surface area contributed by atoms with E-state index < -0.39 is 65.7 Å². The number of hydrogen-bond acceptors (Lipinski definition) is 11. The minimum absolute atomic E-state index is 0.0908. The molecule has 15 heteroatoms. The van der Waals surface area contributed by atoms with Gasteiger partial charge in [0.25, 0.3) is 0 Å². The maximum atomic E-state index is 14.0. The Morgan fingerprint density at radius 1 is 1.26 bits per heavy atom. The van der Waals surface area contributed by atoms with Gasteiger partial charge in [0.1, 0.15) is 40.7 Å². The van der Waals surface area contributed by atoms with Crippen LogP contribution in [0.5, 0.6) is 5.75 Å². The van der Waals surface area contributed by atoms with Crippen molar-refractivity contribution in [2.75, 3.05) is 39.8 Å². The summed E-state index contributed by atoms with van der Waals surface area (Å²) in [5.41, 5.74) is -1.54. The van der Waals surface area contributed by atoms with Gasteiger partial charge in [0.05, 0.1) is 31.9 Å². The molecule has 0 aromatic heterocycles. The standard InChI is InChI=1S/C35H48ClN3O11/c1-9-28(41)38(5)20(3)32(43)49-27-16-29(42)39(6)23-14-22(15-24(46-7)30(23)36)13-21(18-40)11-10-12-26(47-8)35(45)17-25(48-33(44)37-35)19(2)31-34(27,4)50-31/h10-12,14-15,19-20,25-27,31,40,45H,9,13,16-18H2,1-8H3,(H,37,44)/b12-10+,21-11-. The first kappa shape index (κ1) is 39.1. The van der Waals surface area contributed by atoms with E-state index in [1.807, 2.05) is 0 Å². The zero-order valence-electron chi connectivity index (χ0n) is 29.7. The fourth-order valence-electron chi connectivity index (χ4n) is 6.49. The molecule has 276 valence electrons. The molecule has 3 heterocycles. The van der Waals surface area contributed by atoms with E-state index in [1.54, 1.807) is 51.1 Å². The number of aliphatic hydroxyl groups excluding tert-OH is 1. The van der Waals surface area contributed by atoms with E-state index in [-0.39, 0.29) is 43.2 Å². The second kappa shape index (κ2) is 15.7. The number of halogens is 1. The van der Waals surface area contributed by atoms with Crippen LogP contribution in [0, 0.1) is 5.92 Å². The largest absolute Gasteiger partial charge is 0.495 e. The van der Waals surface area contributed by atoms with Crippen molar-refractivity contribution < 1.29 is 53.1 Å². The molecule has 0 aliphatic carbocycles. The zero-order valence-corrected chi connectivity index (χ0v) is 30.5. The van der Waals surface area contributed by atoms with E-state index in [2.05, 4.69) is 5.32 Å². The summed E-state index contributed by atoms with van der Waals surface area (Å²) in [6.45, 7) is 6.38. The maximum Gasteiger partial charge on any atom is 0.409 e. The third kappa shape index (κ3) is 8.10. The van der Waals surface area contributed by atoms with Gasteiger partial charge in [-0.3, -0.25) is 14.9 Å². The number of allylic oxidation sites excluding steroid dienone is 2. The summed E-state index contributed by atoms with van der Waals surface area (Å²) in [6.07, 6.45) is 0.260. The summed E-state index contributed by atoms with van der Waals surface area (Å²) in [6, 6.07) is 2.44. The van der Waals surface area contributed by atoms with Crippen LogP contribution in [-0.4, -0.2) is 116 Å². The third-order valence-corrected chi connectivity index (χ3v) is 10.3. The number of rotatable bonds is 7. The molecule has 3 N–H and O–H groups in total. The van der Waals surface area contributed by atoms with Gasteiger partial charge in [0.2, 0.25) is 11.8 Å². The van der Waals surface area contributed by atoms with E-state index in [9.17, 15) is 29.4 Å². The number of carbonyl (C=O) groups is 4. The van der Waals surface area contributed by atoms with Gasteiger partial charge < -0.3 is 43.7 Å². The van der Waals surface area contributed by atoms with E-state index in [0.29, 0.717) is 22.6 Å². The molecule has 2 saturated heterocycles. The van der Waals surface area contributed by atoms with Crippen molar-refractivity contribution in [1.29, 1.82) is 0 Å². The van der Waals surface area contributed by atoms with Gasteiger partial charge in [-0.05, 0) is 43.5 Å². The average molecular weight is 722 g/mol. The number of nitrogens with zero attached hydrogens (tertiary/aromatic N) is 2. The number of hydrogen-bond donors (Lipinski definition) is 3. The number of alkyl carbamates (subject to hydrolysis) is 1. The number of fused-ring (bicyclic) bond motifs is 5. The molecule has 8 atom stereocenters. The number of benzene rings is 1. The Kier molecular flexibility index (Phi) is 12.3. The lowest BCUT2D eigenvalue weighted by molar-refractivity contribution is -0.162. The average Bonchev–Trinajstić information content (AvgIpc) is 3.79. The fraction of sp³-hybridized carbons (Fsp3) is 0.600. The van der Waals surface area contributed by atoms with Gasteiger partial charge in [0, 0.05) is 40.0 Å². The van der Waals surface area contributed by atoms with E-state index >= 15 is 0 Å². The number of carbonyl (C=O) groups excluding carboxylic acids is 4. The van der Waals surface area contributed by atoms with Gasteiger partial charge in [0.15, 0.2) is 5.72 Å². The summed E-state index contributed by atoms with van der Waals surface area (Å²) >= 11 is 6.71. The smallest absolute Gasteiger partial charge is 0.409 e. The van der Waals surface area contributed by atoms with E-state index in [0.717, 1.165) is 0 Å². The maximum absolute atomic E-state index is 14.0. The SMILES string of the molecule is CCC(=O)N(C)C(C)C(=O)OC1CC(=O)N(C)c2cc(cc(OC)c2Cl)C/C(CO)=C/C=C/C(OC)C2(O)CC(OC(=O)N2)C(C)C2OC12C. The normalized spacial score (nSPS) is 32.3. The molecule has 1 aromatic carbocycles. The van der Waals surface area contributed by atoms with Crippen molar-refractivity contribution in [3.63, 3.8) is 0 Å². The van der Waals surface area contributed by atoms with Crippen LogP contribution in [0.15, 0.2) is 35.9 Å². The first-order chi connectivity index (χ1) is 23.5. The minimum Gasteiger partial charge on any atom is -0.495 e. The number of epoxide rings is 1. The Bertz CT molecular complexity index is 1530. The minimum atomic E-state index is -1.88. The molecule has 4 rings (SSSR count). The lowest BCUT2D eigenvalue weighted by atomic mass is 9.83. The lowest BCUT2D eigenvalue weighted by Crippen LogP contribution is -2.63. The van der Waals surface area contributed by atoms with Crippen molar-refractivity contribution in [3.05, 3.63) is 46.5 Å². The van der Waals surface area contributed by atoms with E-state index in [4.69, 9.17) is 35.3 Å². The van der Waals surface area contributed by atoms with Crippen LogP contribution >= 0.6 is 11.6 Å². The van der Waals surface area contributed by atoms with Crippen LogP contribution in [0.4, 0.5) is 10.5 Å². The number of anilines is 1. The molecule has 0 spiro atoms. The summed E-state index contributed by atoms with van der Waals surface area (Å²) in [4.78, 5) is 55.3. The Labute approximate surface area is 297 Å². The Hall–Kier alpha value is -3.69. The summed E-state index contributed by atoms with van der Waals surface area (Å²) in [5, 5.41) is 24.5. The second-order valence-corrected chi connectivity index (χ2v) is 13.6. The quantitative estimate of drug-likeness (QED) is 0.279. The molecule has 2 fully saturated rings. The zero-order chi connectivity index (χ0) is 37.1. The van der Waals surface area contributed by atoms with Gasteiger partial charge in [-0.25, -0.2) is 9.59 Å². The van der Waals surface area contributed by atoms with Crippen LogP contribution in [0.1, 0.15) is 52.5 Å². The molecule has 3 amide bonds. The Morgan fingerprint density at radius 3 is 2.58 bits per heavy atom. The molecule has 50 heavy (non-hydrogen) atoms. The number of ether oxygens (including phenoxy) is 5. The number of esters is 1. The Balaban J connectivity index is 1.81. The number of nitrogens with one attached hydrogen (secondary N) is 1. The van der Waals surface area contributed by atoms with Crippen molar-refractivity contribution in [3.8, 4) is 5.75 Å². The third-order valence-electron chi connectivity index (χ3n) is 9.93. The number of aliphatic hydroxyl groups is 2. The molecule has 3 aliphatic heterocycles. The predicted octanol–water partition coefficient (Wildman–Crippen LogP) is 2.90. The van der Waals surface area contributed by atoms with Crippen molar-refractivity contribution in [2.45, 2.75) is 95.2 Å². The topological polar surface area (TPSA) is 177 Å². The molecule has 0 radical (unpaired) electrons. The van der Waals surface area contributed by atoms with Crippen LogP contribution in [0.25, 0.3) is 0 Å². The molecular weight excluding hydrogens is 674 g/mol. The van der Waals surface area contributed by atoms with Gasteiger partial charge in [-0.2, -0.15) is 0 Å². The van der Waals surface area contributed by atoms with E-state index in [1.165, 1.54) is 45.0 Å². The van der Waals surface area contributed by atoms with Gasteiger partial charge in [-0.1, -0.05) is 43.7 Å². The van der Waals surface area contributed by atoms with Crippen LogP contribution in [0.2, 0.25) is 5.02 Å². The van der Waals surface area contributed by atoms with Gasteiger partial charge in [-0.15, -0.1) is 0 Å². The van der Waals surface area contributed by atoms with Crippen LogP contribution in [-0.2, 0) is 39.8 Å². The number of likely N-dealkylation sites (N-methyl/N-ethyl adjacent to an activating group) is 1. The molecule has 0 saturated carbocycles. The Morgan fingerprint density at radius 2 is 1.96 bits per heavy atom. The highest BCUT2D eigenvalue weighted by molar-refractivity contribution is 6.35. The molecule has 14 nitrogen and oxygen atoms in total. The monoisotopic (exact) mass is 721 g/mol. The summed E-state index contributed by atoms with van der Waals surface area (Å²) in [7, 11) is 5.87. The highest BCUT2D eigenvalue weighted by atomic mass is 35.5.